The Morgan fingerprint density at radius 1 is 1.26 bits per heavy atom. The Morgan fingerprint density at radius 3 is 2.37 bits per heavy atom. The summed E-state index contributed by atoms with van der Waals surface area (Å²) in [5.41, 5.74) is -1.09. The van der Waals surface area contributed by atoms with Crippen LogP contribution in [-0.4, -0.2) is 50.7 Å². The molecule has 0 aromatic heterocycles. The van der Waals surface area contributed by atoms with Crippen LogP contribution in [0.5, 0.6) is 0 Å². The lowest BCUT2D eigenvalue weighted by atomic mass is 9.83. The van der Waals surface area contributed by atoms with E-state index in [1.165, 1.54) is 39.2 Å². The van der Waals surface area contributed by atoms with Crippen molar-refractivity contribution in [3.63, 3.8) is 0 Å². The molecule has 0 aromatic carbocycles. The molecule has 0 aromatic rings. The first-order chi connectivity index (χ1) is 9.10. The van der Waals surface area contributed by atoms with E-state index in [2.05, 4.69) is 0 Å². The summed E-state index contributed by atoms with van der Waals surface area (Å²) in [6.07, 6.45) is 6.16. The van der Waals surface area contributed by atoms with E-state index in [4.69, 9.17) is 9.47 Å². The van der Waals surface area contributed by atoms with E-state index in [1.807, 2.05) is 0 Å². The highest BCUT2D eigenvalue weighted by atomic mass is 16.5. The van der Waals surface area contributed by atoms with Crippen molar-refractivity contribution in [2.24, 2.45) is 11.3 Å². The maximum Gasteiger partial charge on any atom is 0.326 e. The first-order valence-electron chi connectivity index (χ1n) is 7.02. The molecule has 2 rings (SSSR count). The summed E-state index contributed by atoms with van der Waals surface area (Å²) in [7, 11) is 3.09. The van der Waals surface area contributed by atoms with Crippen LogP contribution in [0.1, 0.15) is 32.1 Å². The molecule has 0 unspecified atom stereocenters. The number of hydrogen-bond donors (Lipinski definition) is 0. The van der Waals surface area contributed by atoms with E-state index in [0.29, 0.717) is 5.92 Å². The van der Waals surface area contributed by atoms with Gasteiger partial charge in [-0.1, -0.05) is 19.3 Å². The van der Waals surface area contributed by atoms with Gasteiger partial charge in [-0.2, -0.15) is 0 Å². The van der Waals surface area contributed by atoms with Gasteiger partial charge in [-0.3, -0.25) is 9.59 Å². The third-order valence-electron chi connectivity index (χ3n) is 4.29. The van der Waals surface area contributed by atoms with Crippen molar-refractivity contribution in [2.45, 2.75) is 32.1 Å². The van der Waals surface area contributed by atoms with Crippen LogP contribution < -0.4 is 0 Å². The van der Waals surface area contributed by atoms with Gasteiger partial charge >= 0.3 is 5.97 Å². The van der Waals surface area contributed by atoms with Crippen molar-refractivity contribution in [2.75, 3.05) is 33.9 Å². The average Bonchev–Trinajstić information content (AvgIpc) is 2.38. The Labute approximate surface area is 114 Å². The second-order valence-corrected chi connectivity index (χ2v) is 5.76. The van der Waals surface area contributed by atoms with E-state index < -0.39 is 11.4 Å². The van der Waals surface area contributed by atoms with Gasteiger partial charge in [0.05, 0.1) is 20.3 Å². The molecular weight excluding hydrogens is 246 g/mol. The monoisotopic (exact) mass is 269 g/mol. The van der Waals surface area contributed by atoms with Gasteiger partial charge in [0.25, 0.3) is 0 Å². The van der Waals surface area contributed by atoms with Crippen molar-refractivity contribution >= 4 is 11.9 Å². The molecule has 0 spiro atoms. The number of carbonyl (C=O) groups excluding carboxylic acids is 2. The van der Waals surface area contributed by atoms with Crippen LogP contribution in [0.15, 0.2) is 0 Å². The Balaban J connectivity index is 1.95. The summed E-state index contributed by atoms with van der Waals surface area (Å²) in [5.74, 6) is -0.0613. The van der Waals surface area contributed by atoms with Gasteiger partial charge in [0, 0.05) is 13.6 Å². The Bertz CT molecular complexity index is 345. The predicted molar refractivity (Wildman–Crippen MR) is 69.5 cm³/mol. The molecule has 2 fully saturated rings. The topological polar surface area (TPSA) is 55.8 Å². The molecule has 0 radical (unpaired) electrons. The molecule has 1 aliphatic heterocycles. The number of rotatable bonds is 4. The standard InChI is InChI=1S/C14H23NO4/c1-15(8-11-6-4-3-5-7-11)12(16)14(9-19-10-14)13(17)18-2/h11H,3-10H2,1-2H3. The normalized spacial score (nSPS) is 22.4. The third kappa shape index (κ3) is 2.76. The van der Waals surface area contributed by atoms with Crippen LogP contribution in [-0.2, 0) is 19.1 Å². The van der Waals surface area contributed by atoms with Gasteiger partial charge in [0.15, 0.2) is 5.41 Å². The third-order valence-corrected chi connectivity index (χ3v) is 4.29. The van der Waals surface area contributed by atoms with Gasteiger partial charge in [-0.15, -0.1) is 0 Å². The molecule has 5 nitrogen and oxygen atoms in total. The lowest BCUT2D eigenvalue weighted by molar-refractivity contribution is -0.193. The summed E-state index contributed by atoms with van der Waals surface area (Å²) < 4.78 is 9.83. The minimum atomic E-state index is -1.09. The van der Waals surface area contributed by atoms with Crippen LogP contribution in [0.4, 0.5) is 0 Å². The number of amides is 1. The summed E-state index contributed by atoms with van der Waals surface area (Å²) in [5, 5.41) is 0. The molecule has 19 heavy (non-hydrogen) atoms. The van der Waals surface area contributed by atoms with E-state index in [-0.39, 0.29) is 19.1 Å². The number of esters is 1. The maximum absolute atomic E-state index is 12.5. The van der Waals surface area contributed by atoms with Gasteiger partial charge in [-0.05, 0) is 18.8 Å². The average molecular weight is 269 g/mol. The molecule has 1 amide bonds. The summed E-state index contributed by atoms with van der Waals surface area (Å²) >= 11 is 0. The second-order valence-electron chi connectivity index (χ2n) is 5.76. The van der Waals surface area contributed by atoms with Crippen LogP contribution in [0.25, 0.3) is 0 Å². The number of methoxy groups -OCH3 is 1. The highest BCUT2D eigenvalue weighted by Crippen LogP contribution is 2.32. The lowest BCUT2D eigenvalue weighted by Crippen LogP contribution is -2.60. The lowest BCUT2D eigenvalue weighted by Gasteiger charge is -2.40. The molecule has 0 bridgehead atoms. The van der Waals surface area contributed by atoms with E-state index >= 15 is 0 Å². The molecule has 108 valence electrons. The first-order valence-corrected chi connectivity index (χ1v) is 7.02. The van der Waals surface area contributed by atoms with Crippen molar-refractivity contribution < 1.29 is 19.1 Å². The van der Waals surface area contributed by atoms with Crippen molar-refractivity contribution in [1.29, 1.82) is 0 Å². The molecule has 0 atom stereocenters. The number of hydrogen-bond acceptors (Lipinski definition) is 4. The van der Waals surface area contributed by atoms with Gasteiger partial charge in [0.2, 0.25) is 5.91 Å². The highest BCUT2D eigenvalue weighted by Gasteiger charge is 2.55. The SMILES string of the molecule is COC(=O)C1(C(=O)N(C)CC2CCCCC2)COC1. The number of ether oxygens (including phenoxy) is 2. The zero-order chi connectivity index (χ0) is 13.9. The molecule has 1 saturated carbocycles. The summed E-state index contributed by atoms with van der Waals surface area (Å²) in [6, 6.07) is 0. The van der Waals surface area contributed by atoms with Crippen LogP contribution in [0.2, 0.25) is 0 Å². The van der Waals surface area contributed by atoms with Crippen molar-refractivity contribution in [3.05, 3.63) is 0 Å². The predicted octanol–water partition coefficient (Wildman–Crippen LogP) is 1.21. The van der Waals surface area contributed by atoms with Gasteiger partial charge in [0.1, 0.15) is 0 Å². The van der Waals surface area contributed by atoms with E-state index in [0.717, 1.165) is 6.54 Å². The fraction of sp³-hybridized carbons (Fsp3) is 0.857. The highest BCUT2D eigenvalue weighted by molar-refractivity contribution is 6.03. The number of carbonyl (C=O) groups is 2. The molecule has 5 heteroatoms. The fourth-order valence-corrected chi connectivity index (χ4v) is 3.04. The van der Waals surface area contributed by atoms with E-state index in [1.54, 1.807) is 11.9 Å². The molecule has 1 heterocycles. The second kappa shape index (κ2) is 5.90. The van der Waals surface area contributed by atoms with Crippen LogP contribution in [0, 0.1) is 11.3 Å². The minimum absolute atomic E-state index is 0.146. The first kappa shape index (κ1) is 14.3. The van der Waals surface area contributed by atoms with Gasteiger partial charge < -0.3 is 14.4 Å². The maximum atomic E-state index is 12.5. The zero-order valence-electron chi connectivity index (χ0n) is 11.8. The fourth-order valence-electron chi connectivity index (χ4n) is 3.04. The summed E-state index contributed by atoms with van der Waals surface area (Å²) in [4.78, 5) is 26.0. The quantitative estimate of drug-likeness (QED) is 0.569. The Hall–Kier alpha value is -1.10. The van der Waals surface area contributed by atoms with Crippen LogP contribution >= 0.6 is 0 Å². The Kier molecular flexibility index (Phi) is 4.45. The molecular formula is C14H23NO4. The van der Waals surface area contributed by atoms with Crippen molar-refractivity contribution in [3.8, 4) is 0 Å². The molecule has 1 aliphatic carbocycles. The van der Waals surface area contributed by atoms with E-state index in [9.17, 15) is 9.59 Å². The molecule has 0 N–H and O–H groups in total. The summed E-state index contributed by atoms with van der Waals surface area (Å²) in [6.45, 7) is 1.03. The number of nitrogens with zero attached hydrogens (tertiary/aromatic N) is 1. The minimum Gasteiger partial charge on any atom is -0.468 e. The van der Waals surface area contributed by atoms with Crippen molar-refractivity contribution in [1.82, 2.24) is 4.90 Å². The Morgan fingerprint density at radius 2 is 1.89 bits per heavy atom. The molecule has 1 saturated heterocycles. The largest absolute Gasteiger partial charge is 0.468 e. The zero-order valence-corrected chi connectivity index (χ0v) is 11.8. The molecule has 2 aliphatic rings. The smallest absolute Gasteiger partial charge is 0.326 e. The van der Waals surface area contributed by atoms with Crippen LogP contribution in [0.3, 0.4) is 0 Å². The van der Waals surface area contributed by atoms with Gasteiger partial charge in [-0.25, -0.2) is 0 Å².